The largest absolute Gasteiger partial charge is 0.444 e. The number of nitrogens with zero attached hydrogens (tertiary/aromatic N) is 1. The molecule has 1 amide bonds. The van der Waals surface area contributed by atoms with E-state index < -0.39 is 6.09 Å². The highest BCUT2D eigenvalue weighted by Crippen LogP contribution is 2.21. The molecule has 3 aromatic rings. The van der Waals surface area contributed by atoms with E-state index in [1.54, 1.807) is 12.3 Å². The summed E-state index contributed by atoms with van der Waals surface area (Å²) >= 11 is 0. The molecule has 120 valence electrons. The van der Waals surface area contributed by atoms with Gasteiger partial charge >= 0.3 is 6.09 Å². The molecule has 0 spiro atoms. The van der Waals surface area contributed by atoms with Gasteiger partial charge in [0.1, 0.15) is 12.4 Å². The molecule has 24 heavy (non-hydrogen) atoms. The van der Waals surface area contributed by atoms with E-state index in [0.29, 0.717) is 11.5 Å². The van der Waals surface area contributed by atoms with Crippen LogP contribution >= 0.6 is 0 Å². The Kier molecular flexibility index (Phi) is 4.72. The summed E-state index contributed by atoms with van der Waals surface area (Å²) < 4.78 is 5.19. The number of rotatable bonds is 4. The molecule has 0 radical (unpaired) electrons. The van der Waals surface area contributed by atoms with E-state index in [0.717, 1.165) is 16.7 Å². The molecule has 0 aliphatic heterocycles. The van der Waals surface area contributed by atoms with Gasteiger partial charge in [0.25, 0.3) is 0 Å². The molecule has 0 atom stereocenters. The summed E-state index contributed by atoms with van der Waals surface area (Å²) in [5, 5.41) is 2.70. The number of carbonyl (C=O) groups excluding carboxylic acids is 1. The fourth-order valence-corrected chi connectivity index (χ4v) is 2.20. The molecule has 0 aliphatic rings. The van der Waals surface area contributed by atoms with Crippen molar-refractivity contribution >= 4 is 17.6 Å². The Labute approximate surface area is 140 Å². The van der Waals surface area contributed by atoms with Crippen molar-refractivity contribution in [3.63, 3.8) is 0 Å². The summed E-state index contributed by atoms with van der Waals surface area (Å²) in [6.07, 6.45) is 1.23. The molecule has 5 nitrogen and oxygen atoms in total. The third kappa shape index (κ3) is 4.10. The number of benzene rings is 2. The maximum absolute atomic E-state index is 11.8. The lowest BCUT2D eigenvalue weighted by atomic mass is 10.1. The van der Waals surface area contributed by atoms with Gasteiger partial charge in [-0.3, -0.25) is 5.32 Å². The van der Waals surface area contributed by atoms with Crippen molar-refractivity contribution in [2.24, 2.45) is 0 Å². The number of amides is 1. The van der Waals surface area contributed by atoms with Crippen molar-refractivity contribution in [1.29, 1.82) is 0 Å². The second kappa shape index (κ2) is 7.28. The van der Waals surface area contributed by atoms with Crippen LogP contribution < -0.4 is 11.1 Å². The first-order valence-corrected chi connectivity index (χ1v) is 7.50. The average molecular weight is 319 g/mol. The fraction of sp³-hybridized carbons (Fsp3) is 0.0526. The van der Waals surface area contributed by atoms with Gasteiger partial charge in [0.05, 0.1) is 0 Å². The van der Waals surface area contributed by atoms with Crippen LogP contribution in [0, 0.1) is 0 Å². The minimum absolute atomic E-state index is 0.238. The van der Waals surface area contributed by atoms with Crippen LogP contribution in [0.15, 0.2) is 72.9 Å². The zero-order valence-electron chi connectivity index (χ0n) is 13.0. The topological polar surface area (TPSA) is 77.2 Å². The summed E-state index contributed by atoms with van der Waals surface area (Å²) in [6.45, 7) is 0.238. The van der Waals surface area contributed by atoms with Crippen LogP contribution in [0.3, 0.4) is 0 Å². The second-order valence-corrected chi connectivity index (χ2v) is 5.24. The van der Waals surface area contributed by atoms with Crippen LogP contribution in [-0.2, 0) is 11.3 Å². The van der Waals surface area contributed by atoms with Crippen molar-refractivity contribution in [1.82, 2.24) is 4.98 Å². The van der Waals surface area contributed by atoms with E-state index in [1.807, 2.05) is 60.7 Å². The van der Waals surface area contributed by atoms with Crippen LogP contribution in [0.4, 0.5) is 16.3 Å². The highest BCUT2D eigenvalue weighted by molar-refractivity contribution is 5.85. The lowest BCUT2D eigenvalue weighted by Gasteiger charge is -2.08. The van der Waals surface area contributed by atoms with E-state index in [1.165, 1.54) is 0 Å². The number of ether oxygens (including phenoxy) is 1. The van der Waals surface area contributed by atoms with Crippen LogP contribution in [0.25, 0.3) is 11.1 Å². The number of nitrogen functional groups attached to an aromatic ring is 1. The van der Waals surface area contributed by atoms with Gasteiger partial charge in [-0.15, -0.1) is 0 Å². The first-order valence-electron chi connectivity index (χ1n) is 7.50. The summed E-state index contributed by atoms with van der Waals surface area (Å²) in [5.41, 5.74) is 9.14. The lowest BCUT2D eigenvalue weighted by Crippen LogP contribution is -2.13. The molecule has 0 saturated carbocycles. The van der Waals surface area contributed by atoms with Crippen molar-refractivity contribution in [2.75, 3.05) is 11.1 Å². The number of hydrogen-bond donors (Lipinski definition) is 2. The van der Waals surface area contributed by atoms with Crippen molar-refractivity contribution in [3.8, 4) is 11.1 Å². The van der Waals surface area contributed by atoms with Gasteiger partial charge in [0, 0.05) is 17.4 Å². The maximum atomic E-state index is 11.8. The Morgan fingerprint density at radius 3 is 2.33 bits per heavy atom. The minimum atomic E-state index is -0.485. The van der Waals surface area contributed by atoms with Gasteiger partial charge in [0.2, 0.25) is 0 Å². The SMILES string of the molecule is Nc1ccc(-c2ccc(NC(=O)OCc3ccccc3)cc2)cn1. The second-order valence-electron chi connectivity index (χ2n) is 5.24. The molecule has 1 heterocycles. The Hall–Kier alpha value is -3.34. The van der Waals surface area contributed by atoms with Crippen LogP contribution in [-0.4, -0.2) is 11.1 Å². The molecule has 0 saturated heterocycles. The van der Waals surface area contributed by atoms with E-state index in [2.05, 4.69) is 10.3 Å². The highest BCUT2D eigenvalue weighted by Gasteiger charge is 2.04. The molecule has 3 N–H and O–H groups in total. The van der Waals surface area contributed by atoms with Crippen LogP contribution in [0.1, 0.15) is 5.56 Å². The quantitative estimate of drug-likeness (QED) is 0.759. The van der Waals surface area contributed by atoms with Crippen molar-refractivity contribution in [2.45, 2.75) is 6.61 Å². The van der Waals surface area contributed by atoms with Gasteiger partial charge in [-0.1, -0.05) is 42.5 Å². The smallest absolute Gasteiger partial charge is 0.411 e. The van der Waals surface area contributed by atoms with Crippen molar-refractivity contribution in [3.05, 3.63) is 78.5 Å². The zero-order valence-corrected chi connectivity index (χ0v) is 13.0. The number of aromatic nitrogens is 1. The van der Waals surface area contributed by atoms with Crippen LogP contribution in [0.2, 0.25) is 0 Å². The van der Waals surface area contributed by atoms with E-state index in [4.69, 9.17) is 10.5 Å². The van der Waals surface area contributed by atoms with Crippen molar-refractivity contribution < 1.29 is 9.53 Å². The predicted molar refractivity (Wildman–Crippen MR) is 94.3 cm³/mol. The minimum Gasteiger partial charge on any atom is -0.444 e. The first kappa shape index (κ1) is 15.6. The van der Waals surface area contributed by atoms with E-state index in [-0.39, 0.29) is 6.61 Å². The molecule has 5 heteroatoms. The molecule has 2 aromatic carbocycles. The lowest BCUT2D eigenvalue weighted by molar-refractivity contribution is 0.155. The fourth-order valence-electron chi connectivity index (χ4n) is 2.20. The zero-order chi connectivity index (χ0) is 16.8. The van der Waals surface area contributed by atoms with Crippen LogP contribution in [0.5, 0.6) is 0 Å². The number of carbonyl (C=O) groups is 1. The molecule has 1 aromatic heterocycles. The van der Waals surface area contributed by atoms with E-state index >= 15 is 0 Å². The van der Waals surface area contributed by atoms with Gasteiger partial charge in [-0.25, -0.2) is 9.78 Å². The average Bonchev–Trinajstić information content (AvgIpc) is 2.62. The monoisotopic (exact) mass is 319 g/mol. The molecular formula is C19H17N3O2. The van der Waals surface area contributed by atoms with Gasteiger partial charge in [-0.2, -0.15) is 0 Å². The molecule has 0 bridgehead atoms. The molecular weight excluding hydrogens is 302 g/mol. The third-order valence-electron chi connectivity index (χ3n) is 3.46. The maximum Gasteiger partial charge on any atom is 0.411 e. The number of nitrogens with one attached hydrogen (secondary N) is 1. The Morgan fingerprint density at radius 2 is 1.67 bits per heavy atom. The summed E-state index contributed by atoms with van der Waals surface area (Å²) in [7, 11) is 0. The molecule has 0 aliphatic carbocycles. The van der Waals surface area contributed by atoms with Gasteiger partial charge in [0.15, 0.2) is 0 Å². The van der Waals surface area contributed by atoms with Gasteiger partial charge < -0.3 is 10.5 Å². The highest BCUT2D eigenvalue weighted by atomic mass is 16.5. The summed E-state index contributed by atoms with van der Waals surface area (Å²) in [5.74, 6) is 0.484. The summed E-state index contributed by atoms with van der Waals surface area (Å²) in [6, 6.07) is 20.6. The Balaban J connectivity index is 1.57. The number of nitrogens with two attached hydrogens (primary N) is 1. The standard InChI is InChI=1S/C19H17N3O2/c20-18-11-8-16(12-21-18)15-6-9-17(10-7-15)22-19(23)24-13-14-4-2-1-3-5-14/h1-12H,13H2,(H2,20,21)(H,22,23). The number of hydrogen-bond acceptors (Lipinski definition) is 4. The first-order chi connectivity index (χ1) is 11.7. The normalized spacial score (nSPS) is 10.2. The Morgan fingerprint density at radius 1 is 0.958 bits per heavy atom. The molecule has 3 rings (SSSR count). The molecule has 0 unspecified atom stereocenters. The third-order valence-corrected chi connectivity index (χ3v) is 3.46. The number of pyridine rings is 1. The predicted octanol–water partition coefficient (Wildman–Crippen LogP) is 4.08. The molecule has 0 fully saturated rings. The van der Waals surface area contributed by atoms with Gasteiger partial charge in [-0.05, 0) is 35.4 Å². The Bertz CT molecular complexity index is 800. The van der Waals surface area contributed by atoms with E-state index in [9.17, 15) is 4.79 Å². The number of anilines is 2. The summed E-state index contributed by atoms with van der Waals surface area (Å²) in [4.78, 5) is 15.9.